The second-order valence-corrected chi connectivity index (χ2v) is 3.15. The Labute approximate surface area is 70.8 Å². The van der Waals surface area contributed by atoms with Crippen molar-refractivity contribution in [3.8, 4) is 0 Å². The van der Waals surface area contributed by atoms with Crippen LogP contribution < -0.4 is 0 Å². The standard InChI is InChI=1S/C8H11N3O/c1-10-4-3-6-5-11(2)9-7(6)8(10)12/h5H,3-4H2,1-2H3. The maximum Gasteiger partial charge on any atom is 0.274 e. The third-order valence-corrected chi connectivity index (χ3v) is 2.17. The smallest absolute Gasteiger partial charge is 0.274 e. The number of rotatable bonds is 0. The van der Waals surface area contributed by atoms with E-state index in [0.717, 1.165) is 18.5 Å². The Morgan fingerprint density at radius 2 is 2.25 bits per heavy atom. The van der Waals surface area contributed by atoms with Crippen LogP contribution >= 0.6 is 0 Å². The molecule has 0 saturated carbocycles. The first-order valence-corrected chi connectivity index (χ1v) is 3.96. The summed E-state index contributed by atoms with van der Waals surface area (Å²) < 4.78 is 1.70. The van der Waals surface area contributed by atoms with Crippen molar-refractivity contribution >= 4 is 5.91 Å². The number of carbonyl (C=O) groups is 1. The minimum absolute atomic E-state index is 0.0388. The number of fused-ring (bicyclic) bond motifs is 1. The molecule has 0 bridgehead atoms. The molecule has 1 aromatic rings. The van der Waals surface area contributed by atoms with Gasteiger partial charge in [-0.3, -0.25) is 9.48 Å². The van der Waals surface area contributed by atoms with Crippen LogP contribution in [0.1, 0.15) is 16.1 Å². The Hall–Kier alpha value is -1.32. The van der Waals surface area contributed by atoms with Gasteiger partial charge in [0.15, 0.2) is 5.69 Å². The highest BCUT2D eigenvalue weighted by Crippen LogP contribution is 2.15. The predicted octanol–water partition coefficient (Wildman–Crippen LogP) is 0.0482. The van der Waals surface area contributed by atoms with E-state index in [2.05, 4.69) is 5.10 Å². The van der Waals surface area contributed by atoms with Crippen molar-refractivity contribution in [1.29, 1.82) is 0 Å². The molecule has 0 radical (unpaired) electrons. The van der Waals surface area contributed by atoms with E-state index in [9.17, 15) is 4.79 Å². The maximum absolute atomic E-state index is 11.5. The number of likely N-dealkylation sites (N-methyl/N-ethyl adjacent to an activating group) is 1. The quantitative estimate of drug-likeness (QED) is 0.544. The summed E-state index contributed by atoms with van der Waals surface area (Å²) in [6.45, 7) is 0.803. The van der Waals surface area contributed by atoms with Gasteiger partial charge < -0.3 is 4.90 Å². The second kappa shape index (κ2) is 2.33. The molecule has 0 aromatic carbocycles. The zero-order chi connectivity index (χ0) is 8.72. The average molecular weight is 165 g/mol. The SMILES string of the molecule is CN1CCc2cn(C)nc2C1=O. The lowest BCUT2D eigenvalue weighted by Crippen LogP contribution is -2.33. The first-order valence-electron chi connectivity index (χ1n) is 3.96. The van der Waals surface area contributed by atoms with E-state index < -0.39 is 0 Å². The fourth-order valence-electron chi connectivity index (χ4n) is 1.47. The molecule has 0 saturated heterocycles. The number of amides is 1. The van der Waals surface area contributed by atoms with Gasteiger partial charge in [-0.2, -0.15) is 5.10 Å². The summed E-state index contributed by atoms with van der Waals surface area (Å²) in [6.07, 6.45) is 2.84. The van der Waals surface area contributed by atoms with Gasteiger partial charge in [-0.25, -0.2) is 0 Å². The van der Waals surface area contributed by atoms with E-state index >= 15 is 0 Å². The Morgan fingerprint density at radius 1 is 1.50 bits per heavy atom. The van der Waals surface area contributed by atoms with Crippen molar-refractivity contribution in [3.05, 3.63) is 17.5 Å². The van der Waals surface area contributed by atoms with Gasteiger partial charge in [0.05, 0.1) is 0 Å². The molecule has 64 valence electrons. The molecule has 1 aromatic heterocycles. The van der Waals surface area contributed by atoms with Crippen LogP contribution in [0.15, 0.2) is 6.20 Å². The molecular formula is C8H11N3O. The molecule has 0 N–H and O–H groups in total. The van der Waals surface area contributed by atoms with Crippen molar-refractivity contribution in [2.45, 2.75) is 6.42 Å². The minimum atomic E-state index is 0.0388. The third-order valence-electron chi connectivity index (χ3n) is 2.17. The van der Waals surface area contributed by atoms with Crippen molar-refractivity contribution < 1.29 is 4.79 Å². The Morgan fingerprint density at radius 3 is 3.00 bits per heavy atom. The van der Waals surface area contributed by atoms with Gasteiger partial charge in [-0.15, -0.1) is 0 Å². The highest BCUT2D eigenvalue weighted by atomic mass is 16.2. The molecule has 0 spiro atoms. The van der Waals surface area contributed by atoms with Gasteiger partial charge in [0, 0.05) is 32.4 Å². The summed E-state index contributed by atoms with van der Waals surface area (Å²) in [5.41, 5.74) is 1.69. The fraction of sp³-hybridized carbons (Fsp3) is 0.500. The fourth-order valence-corrected chi connectivity index (χ4v) is 1.47. The summed E-state index contributed by atoms with van der Waals surface area (Å²) in [7, 11) is 3.64. The van der Waals surface area contributed by atoms with Gasteiger partial charge in [0.25, 0.3) is 5.91 Å². The number of hydrogen-bond donors (Lipinski definition) is 0. The van der Waals surface area contributed by atoms with Gasteiger partial charge in [-0.1, -0.05) is 0 Å². The zero-order valence-electron chi connectivity index (χ0n) is 7.24. The zero-order valence-corrected chi connectivity index (χ0v) is 7.24. The molecular weight excluding hydrogens is 154 g/mol. The number of carbonyl (C=O) groups excluding carboxylic acids is 1. The number of nitrogens with zero attached hydrogens (tertiary/aromatic N) is 3. The number of aryl methyl sites for hydroxylation is 1. The molecule has 4 heteroatoms. The average Bonchev–Trinajstić information content (AvgIpc) is 2.39. The molecule has 0 fully saturated rings. The lowest BCUT2D eigenvalue weighted by molar-refractivity contribution is 0.0774. The first kappa shape index (κ1) is 7.34. The van der Waals surface area contributed by atoms with E-state index in [1.807, 2.05) is 13.2 Å². The summed E-state index contributed by atoms with van der Waals surface area (Å²) in [6, 6.07) is 0. The largest absolute Gasteiger partial charge is 0.340 e. The van der Waals surface area contributed by atoms with Crippen LogP contribution in [0.2, 0.25) is 0 Å². The second-order valence-electron chi connectivity index (χ2n) is 3.15. The van der Waals surface area contributed by atoms with Crippen molar-refractivity contribution in [1.82, 2.24) is 14.7 Å². The minimum Gasteiger partial charge on any atom is -0.340 e. The van der Waals surface area contributed by atoms with Gasteiger partial charge in [-0.05, 0) is 6.42 Å². The monoisotopic (exact) mass is 165 g/mol. The van der Waals surface area contributed by atoms with Crippen LogP contribution in [-0.2, 0) is 13.5 Å². The molecule has 0 unspecified atom stereocenters. The van der Waals surface area contributed by atoms with Gasteiger partial charge in [0.1, 0.15) is 0 Å². The molecule has 2 heterocycles. The summed E-state index contributed by atoms with van der Waals surface area (Å²) in [5.74, 6) is 0.0388. The van der Waals surface area contributed by atoms with E-state index in [0.29, 0.717) is 5.69 Å². The van der Waals surface area contributed by atoms with Crippen LogP contribution in [-0.4, -0.2) is 34.2 Å². The molecule has 1 amide bonds. The van der Waals surface area contributed by atoms with Gasteiger partial charge >= 0.3 is 0 Å². The molecule has 12 heavy (non-hydrogen) atoms. The maximum atomic E-state index is 11.5. The summed E-state index contributed by atoms with van der Waals surface area (Å²) in [5, 5.41) is 4.11. The highest BCUT2D eigenvalue weighted by molar-refractivity contribution is 5.94. The molecule has 0 atom stereocenters. The Bertz CT molecular complexity index is 329. The molecule has 1 aliphatic heterocycles. The van der Waals surface area contributed by atoms with E-state index in [1.54, 1.807) is 16.6 Å². The van der Waals surface area contributed by atoms with E-state index in [1.165, 1.54) is 0 Å². The topological polar surface area (TPSA) is 38.1 Å². The first-order chi connectivity index (χ1) is 5.68. The molecule has 0 aliphatic carbocycles. The highest BCUT2D eigenvalue weighted by Gasteiger charge is 2.24. The van der Waals surface area contributed by atoms with E-state index in [4.69, 9.17) is 0 Å². The van der Waals surface area contributed by atoms with Gasteiger partial charge in [0.2, 0.25) is 0 Å². The van der Waals surface area contributed by atoms with Crippen molar-refractivity contribution in [2.24, 2.45) is 7.05 Å². The lowest BCUT2D eigenvalue weighted by Gasteiger charge is -2.20. The van der Waals surface area contributed by atoms with Crippen LogP contribution in [0.25, 0.3) is 0 Å². The van der Waals surface area contributed by atoms with Crippen LogP contribution in [0.5, 0.6) is 0 Å². The molecule has 2 rings (SSSR count). The normalized spacial score (nSPS) is 16.5. The summed E-state index contributed by atoms with van der Waals surface area (Å²) in [4.78, 5) is 13.2. The summed E-state index contributed by atoms with van der Waals surface area (Å²) >= 11 is 0. The number of hydrogen-bond acceptors (Lipinski definition) is 2. The van der Waals surface area contributed by atoms with Crippen LogP contribution in [0, 0.1) is 0 Å². The molecule has 1 aliphatic rings. The predicted molar refractivity (Wildman–Crippen MR) is 43.9 cm³/mol. The van der Waals surface area contributed by atoms with Crippen LogP contribution in [0.3, 0.4) is 0 Å². The molecule has 4 nitrogen and oxygen atoms in total. The third kappa shape index (κ3) is 0.913. The van der Waals surface area contributed by atoms with Crippen molar-refractivity contribution in [2.75, 3.05) is 13.6 Å². The number of aromatic nitrogens is 2. The Balaban J connectivity index is 2.48. The van der Waals surface area contributed by atoms with E-state index in [-0.39, 0.29) is 5.91 Å². The lowest BCUT2D eigenvalue weighted by atomic mass is 10.1. The van der Waals surface area contributed by atoms with Crippen LogP contribution in [0.4, 0.5) is 0 Å². The Kier molecular flexibility index (Phi) is 1.43. The van der Waals surface area contributed by atoms with Crippen molar-refractivity contribution in [3.63, 3.8) is 0 Å².